The summed E-state index contributed by atoms with van der Waals surface area (Å²) in [6.07, 6.45) is 11.5. The number of likely N-dealkylation sites (N-methyl/N-ethyl adjacent to an activating group) is 1. The van der Waals surface area contributed by atoms with E-state index in [4.69, 9.17) is 4.98 Å². The first-order valence-electron chi connectivity index (χ1n) is 8.07. The van der Waals surface area contributed by atoms with Crippen LogP contribution in [0.2, 0.25) is 0 Å². The molecule has 0 aliphatic heterocycles. The van der Waals surface area contributed by atoms with Gasteiger partial charge in [-0.25, -0.2) is 0 Å². The van der Waals surface area contributed by atoms with Crippen molar-refractivity contribution in [2.75, 3.05) is 6.54 Å². The van der Waals surface area contributed by atoms with Crippen molar-refractivity contribution in [1.82, 2.24) is 10.3 Å². The van der Waals surface area contributed by atoms with Crippen LogP contribution in [0.4, 0.5) is 0 Å². The van der Waals surface area contributed by atoms with E-state index in [2.05, 4.69) is 24.4 Å². The van der Waals surface area contributed by atoms with Gasteiger partial charge in [0.2, 0.25) is 0 Å². The molecular weight excluding hydrogens is 232 g/mol. The monoisotopic (exact) mass is 258 g/mol. The first-order valence-corrected chi connectivity index (χ1v) is 8.07. The Bertz CT molecular complexity index is 409. The van der Waals surface area contributed by atoms with Gasteiger partial charge >= 0.3 is 0 Å². The van der Waals surface area contributed by atoms with Crippen LogP contribution >= 0.6 is 0 Å². The Balaban J connectivity index is 1.86. The molecule has 0 amide bonds. The number of aryl methyl sites for hydroxylation is 1. The second-order valence-electron chi connectivity index (χ2n) is 6.17. The highest BCUT2D eigenvalue weighted by molar-refractivity contribution is 5.27. The van der Waals surface area contributed by atoms with Crippen molar-refractivity contribution in [3.63, 3.8) is 0 Å². The summed E-state index contributed by atoms with van der Waals surface area (Å²) in [4.78, 5) is 4.74. The molecule has 19 heavy (non-hydrogen) atoms. The topological polar surface area (TPSA) is 24.9 Å². The van der Waals surface area contributed by atoms with Gasteiger partial charge < -0.3 is 5.32 Å². The number of pyridine rings is 1. The molecule has 104 valence electrons. The van der Waals surface area contributed by atoms with Gasteiger partial charge in [0.25, 0.3) is 0 Å². The highest BCUT2D eigenvalue weighted by Gasteiger charge is 2.34. The zero-order valence-corrected chi connectivity index (χ0v) is 12.1. The fourth-order valence-electron chi connectivity index (χ4n) is 4.18. The summed E-state index contributed by atoms with van der Waals surface area (Å²) in [5.41, 5.74) is 2.89. The lowest BCUT2D eigenvalue weighted by molar-refractivity contribution is 0.290. The summed E-state index contributed by atoms with van der Waals surface area (Å²) >= 11 is 0. The van der Waals surface area contributed by atoms with Crippen LogP contribution in [0.1, 0.15) is 62.6 Å². The van der Waals surface area contributed by atoms with Gasteiger partial charge in [0.15, 0.2) is 0 Å². The minimum atomic E-state index is 0.646. The second kappa shape index (κ2) is 6.04. The molecule has 1 aromatic rings. The zero-order chi connectivity index (χ0) is 13.1. The van der Waals surface area contributed by atoms with E-state index in [0.717, 1.165) is 12.5 Å². The molecule has 2 aliphatic rings. The highest BCUT2D eigenvalue weighted by atomic mass is 14.9. The molecule has 2 aliphatic carbocycles. The molecule has 2 heteroatoms. The average Bonchev–Trinajstić information content (AvgIpc) is 2.98. The van der Waals surface area contributed by atoms with E-state index in [1.54, 1.807) is 0 Å². The van der Waals surface area contributed by atoms with E-state index >= 15 is 0 Å². The Morgan fingerprint density at radius 2 is 2.11 bits per heavy atom. The van der Waals surface area contributed by atoms with E-state index in [1.165, 1.54) is 56.2 Å². The molecule has 1 fully saturated rings. The maximum Gasteiger partial charge on any atom is 0.0482 e. The first-order chi connectivity index (χ1) is 9.40. The van der Waals surface area contributed by atoms with E-state index in [0.29, 0.717) is 12.0 Å². The van der Waals surface area contributed by atoms with Crippen molar-refractivity contribution in [1.29, 1.82) is 0 Å². The van der Waals surface area contributed by atoms with Crippen LogP contribution in [-0.4, -0.2) is 17.6 Å². The van der Waals surface area contributed by atoms with Crippen LogP contribution < -0.4 is 5.32 Å². The Kier molecular flexibility index (Phi) is 4.17. The summed E-state index contributed by atoms with van der Waals surface area (Å²) < 4.78 is 0. The molecule has 1 saturated carbocycles. The van der Waals surface area contributed by atoms with E-state index in [-0.39, 0.29) is 0 Å². The SMILES string of the molecule is CCNC(C1CCCC1)C1CCCc2cccnc21. The van der Waals surface area contributed by atoms with E-state index in [1.807, 2.05) is 6.20 Å². The maximum atomic E-state index is 4.74. The van der Waals surface area contributed by atoms with Crippen LogP contribution in [0, 0.1) is 5.92 Å². The molecular formula is C17H26N2. The lowest BCUT2D eigenvalue weighted by atomic mass is 9.77. The Labute approximate surface area is 117 Å². The third-order valence-electron chi connectivity index (χ3n) is 5.02. The molecule has 0 aromatic carbocycles. The second-order valence-corrected chi connectivity index (χ2v) is 6.17. The Morgan fingerprint density at radius 3 is 2.89 bits per heavy atom. The van der Waals surface area contributed by atoms with Gasteiger partial charge in [-0.2, -0.15) is 0 Å². The number of rotatable bonds is 4. The summed E-state index contributed by atoms with van der Waals surface area (Å²) in [5.74, 6) is 1.52. The number of aromatic nitrogens is 1. The van der Waals surface area contributed by atoms with Crippen molar-refractivity contribution in [3.05, 3.63) is 29.6 Å². The van der Waals surface area contributed by atoms with Gasteiger partial charge in [0.05, 0.1) is 0 Å². The predicted octanol–water partition coefficient (Wildman–Crippen LogP) is 3.67. The smallest absolute Gasteiger partial charge is 0.0482 e. The number of hydrogen-bond acceptors (Lipinski definition) is 2. The zero-order valence-electron chi connectivity index (χ0n) is 12.1. The predicted molar refractivity (Wildman–Crippen MR) is 79.3 cm³/mol. The fourth-order valence-corrected chi connectivity index (χ4v) is 4.18. The normalized spacial score (nSPS) is 25.2. The lowest BCUT2D eigenvalue weighted by Gasteiger charge is -2.35. The van der Waals surface area contributed by atoms with Crippen LogP contribution in [0.3, 0.4) is 0 Å². The molecule has 0 radical (unpaired) electrons. The molecule has 2 nitrogen and oxygen atoms in total. The summed E-state index contributed by atoms with van der Waals surface area (Å²) in [6.45, 7) is 3.32. The molecule has 3 rings (SSSR count). The van der Waals surface area contributed by atoms with Gasteiger partial charge in [-0.3, -0.25) is 4.98 Å². The molecule has 1 N–H and O–H groups in total. The maximum absolute atomic E-state index is 4.74. The molecule has 1 aromatic heterocycles. The van der Waals surface area contributed by atoms with Crippen LogP contribution in [-0.2, 0) is 6.42 Å². The minimum Gasteiger partial charge on any atom is -0.313 e. The standard InChI is InChI=1S/C17H26N2/c1-2-18-16(13-7-3-4-8-13)15-11-5-9-14-10-6-12-19-17(14)15/h6,10,12-13,15-16,18H,2-5,7-9,11H2,1H3. The van der Waals surface area contributed by atoms with Crippen LogP contribution in [0.5, 0.6) is 0 Å². The average molecular weight is 258 g/mol. The lowest BCUT2D eigenvalue weighted by Crippen LogP contribution is -2.41. The first kappa shape index (κ1) is 13.1. The molecule has 0 spiro atoms. The highest BCUT2D eigenvalue weighted by Crippen LogP contribution is 2.39. The van der Waals surface area contributed by atoms with Gasteiger partial charge in [-0.05, 0) is 56.2 Å². The Morgan fingerprint density at radius 1 is 1.26 bits per heavy atom. The van der Waals surface area contributed by atoms with Crippen LogP contribution in [0.15, 0.2) is 18.3 Å². The molecule has 2 unspecified atom stereocenters. The van der Waals surface area contributed by atoms with Crippen LogP contribution in [0.25, 0.3) is 0 Å². The molecule has 0 bridgehead atoms. The van der Waals surface area contributed by atoms with Crippen molar-refractivity contribution >= 4 is 0 Å². The minimum absolute atomic E-state index is 0.646. The van der Waals surface area contributed by atoms with Crippen molar-refractivity contribution in [2.45, 2.75) is 63.8 Å². The number of fused-ring (bicyclic) bond motifs is 1. The van der Waals surface area contributed by atoms with Gasteiger partial charge in [0, 0.05) is 23.9 Å². The number of nitrogens with zero attached hydrogens (tertiary/aromatic N) is 1. The fraction of sp³-hybridized carbons (Fsp3) is 0.706. The molecule has 2 atom stereocenters. The summed E-state index contributed by atoms with van der Waals surface area (Å²) in [7, 11) is 0. The molecule has 0 saturated heterocycles. The third kappa shape index (κ3) is 2.69. The number of hydrogen-bond donors (Lipinski definition) is 1. The summed E-state index contributed by atoms with van der Waals surface area (Å²) in [6, 6.07) is 5.03. The van der Waals surface area contributed by atoms with Crippen molar-refractivity contribution < 1.29 is 0 Å². The third-order valence-corrected chi connectivity index (χ3v) is 5.02. The molecule has 1 heterocycles. The Hall–Kier alpha value is -0.890. The van der Waals surface area contributed by atoms with E-state index < -0.39 is 0 Å². The van der Waals surface area contributed by atoms with Crippen molar-refractivity contribution in [3.8, 4) is 0 Å². The summed E-state index contributed by atoms with van der Waals surface area (Å²) in [5, 5.41) is 3.80. The van der Waals surface area contributed by atoms with Gasteiger partial charge in [-0.15, -0.1) is 0 Å². The quantitative estimate of drug-likeness (QED) is 0.891. The van der Waals surface area contributed by atoms with E-state index in [9.17, 15) is 0 Å². The van der Waals surface area contributed by atoms with Crippen molar-refractivity contribution in [2.24, 2.45) is 5.92 Å². The van der Waals surface area contributed by atoms with Gasteiger partial charge in [-0.1, -0.05) is 25.8 Å². The largest absolute Gasteiger partial charge is 0.313 e. The number of nitrogens with one attached hydrogen (secondary N) is 1. The van der Waals surface area contributed by atoms with Gasteiger partial charge in [0.1, 0.15) is 0 Å².